The SMILES string of the molecule is Cc1ccc(C(C)(O)CNC(=O)C2CCCOC2)o1. The lowest BCUT2D eigenvalue weighted by molar-refractivity contribution is -0.130. The van der Waals surface area contributed by atoms with Crippen molar-refractivity contribution in [1.29, 1.82) is 0 Å². The van der Waals surface area contributed by atoms with Crippen molar-refractivity contribution in [3.05, 3.63) is 23.7 Å². The maximum atomic E-state index is 11.9. The molecule has 2 unspecified atom stereocenters. The van der Waals surface area contributed by atoms with Crippen molar-refractivity contribution >= 4 is 5.91 Å². The predicted octanol–water partition coefficient (Wildman–Crippen LogP) is 1.34. The molecule has 0 spiro atoms. The van der Waals surface area contributed by atoms with Crippen molar-refractivity contribution in [3.63, 3.8) is 0 Å². The fourth-order valence-corrected chi connectivity index (χ4v) is 2.16. The molecule has 106 valence electrons. The van der Waals surface area contributed by atoms with Gasteiger partial charge < -0.3 is 19.6 Å². The molecule has 1 amide bonds. The first-order chi connectivity index (χ1) is 8.99. The van der Waals surface area contributed by atoms with E-state index in [4.69, 9.17) is 9.15 Å². The molecular weight excluding hydrogens is 246 g/mol. The van der Waals surface area contributed by atoms with Crippen LogP contribution >= 0.6 is 0 Å². The summed E-state index contributed by atoms with van der Waals surface area (Å²) in [6.45, 7) is 4.77. The first kappa shape index (κ1) is 14.1. The van der Waals surface area contributed by atoms with Crippen LogP contribution in [0.25, 0.3) is 0 Å². The molecule has 19 heavy (non-hydrogen) atoms. The lowest BCUT2D eigenvalue weighted by atomic mass is 10.00. The van der Waals surface area contributed by atoms with Crippen molar-refractivity contribution in [2.75, 3.05) is 19.8 Å². The Hall–Kier alpha value is -1.33. The van der Waals surface area contributed by atoms with Crippen LogP contribution in [-0.4, -0.2) is 30.8 Å². The standard InChI is InChI=1S/C14H21NO4/c1-10-5-6-12(19-10)14(2,17)9-15-13(16)11-4-3-7-18-8-11/h5-6,11,17H,3-4,7-9H2,1-2H3,(H,15,16). The average Bonchev–Trinajstić information content (AvgIpc) is 2.85. The molecule has 1 aliphatic heterocycles. The number of hydrogen-bond donors (Lipinski definition) is 2. The van der Waals surface area contributed by atoms with Gasteiger partial charge in [0.2, 0.25) is 5.91 Å². The normalized spacial score (nSPS) is 22.8. The number of nitrogens with one attached hydrogen (secondary N) is 1. The molecule has 0 radical (unpaired) electrons. The highest BCUT2D eigenvalue weighted by Crippen LogP contribution is 2.22. The van der Waals surface area contributed by atoms with Gasteiger partial charge in [0.15, 0.2) is 0 Å². The Labute approximate surface area is 112 Å². The number of amides is 1. The molecule has 2 rings (SSSR count). The Morgan fingerprint density at radius 3 is 2.95 bits per heavy atom. The van der Waals surface area contributed by atoms with Gasteiger partial charge >= 0.3 is 0 Å². The van der Waals surface area contributed by atoms with Crippen LogP contribution in [0, 0.1) is 12.8 Å². The van der Waals surface area contributed by atoms with Gasteiger partial charge in [-0.15, -0.1) is 0 Å². The summed E-state index contributed by atoms with van der Waals surface area (Å²) in [5.74, 6) is 1.03. The number of carbonyl (C=O) groups excluding carboxylic acids is 1. The van der Waals surface area contributed by atoms with E-state index in [0.717, 1.165) is 25.2 Å². The van der Waals surface area contributed by atoms with E-state index in [0.29, 0.717) is 12.4 Å². The van der Waals surface area contributed by atoms with Crippen LogP contribution in [0.4, 0.5) is 0 Å². The quantitative estimate of drug-likeness (QED) is 0.863. The minimum Gasteiger partial charge on any atom is -0.463 e. The summed E-state index contributed by atoms with van der Waals surface area (Å²) in [5, 5.41) is 13.1. The zero-order valence-corrected chi connectivity index (χ0v) is 11.4. The zero-order valence-electron chi connectivity index (χ0n) is 11.4. The van der Waals surface area contributed by atoms with Crippen molar-refractivity contribution < 1.29 is 19.1 Å². The molecule has 2 N–H and O–H groups in total. The molecule has 0 aliphatic carbocycles. The number of ether oxygens (including phenoxy) is 1. The summed E-state index contributed by atoms with van der Waals surface area (Å²) in [6.07, 6.45) is 1.75. The molecular formula is C14H21NO4. The van der Waals surface area contributed by atoms with E-state index in [1.807, 2.05) is 6.92 Å². The molecule has 2 atom stereocenters. The third-order valence-corrected chi connectivity index (χ3v) is 3.41. The van der Waals surface area contributed by atoms with Gasteiger partial charge in [-0.2, -0.15) is 0 Å². The lowest BCUT2D eigenvalue weighted by Crippen LogP contribution is -2.42. The number of hydrogen-bond acceptors (Lipinski definition) is 4. The van der Waals surface area contributed by atoms with E-state index in [1.165, 1.54) is 0 Å². The Balaban J connectivity index is 1.88. The maximum absolute atomic E-state index is 11.9. The van der Waals surface area contributed by atoms with Gasteiger partial charge in [-0.25, -0.2) is 0 Å². The van der Waals surface area contributed by atoms with E-state index in [2.05, 4.69) is 5.32 Å². The molecule has 0 saturated carbocycles. The Bertz CT molecular complexity index is 432. The highest BCUT2D eigenvalue weighted by Gasteiger charge is 2.29. The maximum Gasteiger partial charge on any atom is 0.225 e. The Morgan fingerprint density at radius 1 is 1.58 bits per heavy atom. The largest absolute Gasteiger partial charge is 0.463 e. The van der Waals surface area contributed by atoms with Gasteiger partial charge in [-0.05, 0) is 38.8 Å². The molecule has 1 aromatic rings. The van der Waals surface area contributed by atoms with Crippen molar-refractivity contribution in [1.82, 2.24) is 5.32 Å². The molecule has 5 nitrogen and oxygen atoms in total. The van der Waals surface area contributed by atoms with Crippen LogP contribution in [0.2, 0.25) is 0 Å². The molecule has 5 heteroatoms. The molecule has 0 aromatic carbocycles. The van der Waals surface area contributed by atoms with Crippen LogP contribution in [0.3, 0.4) is 0 Å². The van der Waals surface area contributed by atoms with Crippen molar-refractivity contribution in [2.45, 2.75) is 32.3 Å². The molecule has 2 heterocycles. The van der Waals surface area contributed by atoms with Crippen LogP contribution in [-0.2, 0) is 15.1 Å². The van der Waals surface area contributed by atoms with E-state index >= 15 is 0 Å². The van der Waals surface area contributed by atoms with Crippen LogP contribution < -0.4 is 5.32 Å². The second-order valence-electron chi connectivity index (χ2n) is 5.32. The molecule has 1 aliphatic rings. The predicted molar refractivity (Wildman–Crippen MR) is 69.6 cm³/mol. The third-order valence-electron chi connectivity index (χ3n) is 3.41. The summed E-state index contributed by atoms with van der Waals surface area (Å²) in [5.41, 5.74) is -1.19. The number of carbonyl (C=O) groups is 1. The van der Waals surface area contributed by atoms with Crippen LogP contribution in [0.5, 0.6) is 0 Å². The second kappa shape index (κ2) is 5.75. The van der Waals surface area contributed by atoms with Crippen molar-refractivity contribution in [3.8, 4) is 0 Å². The number of rotatable bonds is 4. The Kier molecular flexibility index (Phi) is 4.27. The number of aryl methyl sites for hydroxylation is 1. The summed E-state index contributed by atoms with van der Waals surface area (Å²) in [4.78, 5) is 11.9. The smallest absolute Gasteiger partial charge is 0.225 e. The van der Waals surface area contributed by atoms with Crippen LogP contribution in [0.1, 0.15) is 31.3 Å². The summed E-state index contributed by atoms with van der Waals surface area (Å²) in [7, 11) is 0. The average molecular weight is 267 g/mol. The van der Waals surface area contributed by atoms with E-state index in [-0.39, 0.29) is 18.4 Å². The molecule has 0 bridgehead atoms. The highest BCUT2D eigenvalue weighted by molar-refractivity contribution is 5.78. The van der Waals surface area contributed by atoms with Gasteiger partial charge in [-0.1, -0.05) is 0 Å². The van der Waals surface area contributed by atoms with Crippen LogP contribution in [0.15, 0.2) is 16.5 Å². The Morgan fingerprint density at radius 2 is 2.37 bits per heavy atom. The van der Waals surface area contributed by atoms with E-state index in [9.17, 15) is 9.90 Å². The summed E-state index contributed by atoms with van der Waals surface area (Å²) in [6, 6.07) is 3.52. The number of furan rings is 1. The minimum atomic E-state index is -1.19. The fraction of sp³-hybridized carbons (Fsp3) is 0.643. The summed E-state index contributed by atoms with van der Waals surface area (Å²) >= 11 is 0. The van der Waals surface area contributed by atoms with Gasteiger partial charge in [0.25, 0.3) is 0 Å². The highest BCUT2D eigenvalue weighted by atomic mass is 16.5. The monoisotopic (exact) mass is 267 g/mol. The second-order valence-corrected chi connectivity index (χ2v) is 5.32. The van der Waals surface area contributed by atoms with E-state index in [1.54, 1.807) is 19.1 Å². The lowest BCUT2D eigenvalue weighted by Gasteiger charge is -2.25. The van der Waals surface area contributed by atoms with Crippen molar-refractivity contribution in [2.24, 2.45) is 5.92 Å². The fourth-order valence-electron chi connectivity index (χ4n) is 2.16. The first-order valence-electron chi connectivity index (χ1n) is 6.64. The first-order valence-corrected chi connectivity index (χ1v) is 6.64. The zero-order chi connectivity index (χ0) is 13.9. The third kappa shape index (κ3) is 3.58. The van der Waals surface area contributed by atoms with Gasteiger partial charge in [0.05, 0.1) is 19.1 Å². The van der Waals surface area contributed by atoms with Gasteiger partial charge in [-0.3, -0.25) is 4.79 Å². The molecule has 1 saturated heterocycles. The minimum absolute atomic E-state index is 0.0664. The number of aliphatic hydroxyl groups is 1. The van der Waals surface area contributed by atoms with Gasteiger partial charge in [0.1, 0.15) is 17.1 Å². The molecule has 1 fully saturated rings. The summed E-state index contributed by atoms with van der Waals surface area (Å²) < 4.78 is 10.7. The topological polar surface area (TPSA) is 71.7 Å². The van der Waals surface area contributed by atoms with Gasteiger partial charge in [0, 0.05) is 6.61 Å². The van der Waals surface area contributed by atoms with E-state index < -0.39 is 5.60 Å². The molecule has 1 aromatic heterocycles.